The van der Waals surface area contributed by atoms with Gasteiger partial charge in [-0.25, -0.2) is 0 Å². The van der Waals surface area contributed by atoms with E-state index >= 15 is 0 Å². The second-order valence-corrected chi connectivity index (χ2v) is 4.70. The zero-order valence-electron chi connectivity index (χ0n) is 13.0. The van der Waals surface area contributed by atoms with Crippen LogP contribution in [0.15, 0.2) is 60.7 Å². The molecule has 0 heterocycles. The van der Waals surface area contributed by atoms with E-state index in [9.17, 15) is 0 Å². The summed E-state index contributed by atoms with van der Waals surface area (Å²) in [6.45, 7) is 4.51. The van der Waals surface area contributed by atoms with Crippen molar-refractivity contribution in [3.8, 4) is 5.75 Å². The van der Waals surface area contributed by atoms with Gasteiger partial charge in [-0.15, -0.1) is 0 Å². The van der Waals surface area contributed by atoms with Gasteiger partial charge in [-0.05, 0) is 5.56 Å². The molecule has 22 heavy (non-hydrogen) atoms. The van der Waals surface area contributed by atoms with Crippen molar-refractivity contribution in [3.63, 3.8) is 0 Å². The van der Waals surface area contributed by atoms with Gasteiger partial charge in [0.25, 0.3) is 0 Å². The molecule has 3 heteroatoms. The van der Waals surface area contributed by atoms with E-state index in [0.29, 0.717) is 18.0 Å². The molecule has 0 spiro atoms. The molecule has 0 saturated heterocycles. The van der Waals surface area contributed by atoms with E-state index < -0.39 is 0 Å². The van der Waals surface area contributed by atoms with Crippen molar-refractivity contribution in [1.82, 2.24) is 0 Å². The fraction of sp³-hybridized carbons (Fsp3) is 0.158. The van der Waals surface area contributed by atoms with Crippen molar-refractivity contribution in [3.05, 3.63) is 66.2 Å². The van der Waals surface area contributed by atoms with Crippen LogP contribution in [0.5, 0.6) is 5.75 Å². The topological polar surface area (TPSA) is 61.3 Å². The van der Waals surface area contributed by atoms with Crippen molar-refractivity contribution in [2.24, 2.45) is 0 Å². The summed E-state index contributed by atoms with van der Waals surface area (Å²) in [4.78, 5) is 0. The van der Waals surface area contributed by atoms with Crippen LogP contribution in [0.3, 0.4) is 0 Å². The van der Waals surface area contributed by atoms with Gasteiger partial charge in [0.1, 0.15) is 12.4 Å². The summed E-state index contributed by atoms with van der Waals surface area (Å²) in [6.07, 6.45) is 0. The van der Waals surface area contributed by atoms with Gasteiger partial charge >= 0.3 is 0 Å². The maximum atomic E-state index is 6.01. The Morgan fingerprint density at radius 3 is 2.09 bits per heavy atom. The van der Waals surface area contributed by atoms with Gasteiger partial charge in [-0.2, -0.15) is 0 Å². The maximum Gasteiger partial charge on any atom is 0.129 e. The molecule has 0 radical (unpaired) electrons. The third-order valence-electron chi connectivity index (χ3n) is 3.32. The molecule has 0 saturated carbocycles. The molecule has 0 atom stereocenters. The molecule has 114 valence electrons. The fourth-order valence-corrected chi connectivity index (χ4v) is 2.24. The molecule has 4 N–H and O–H groups in total. The van der Waals surface area contributed by atoms with Crippen molar-refractivity contribution in [2.45, 2.75) is 20.5 Å². The quantitative estimate of drug-likeness (QED) is 0.693. The number of benzene rings is 3. The summed E-state index contributed by atoms with van der Waals surface area (Å²) in [5, 5.41) is 1.91. The largest absolute Gasteiger partial charge is 0.488 e. The van der Waals surface area contributed by atoms with E-state index in [1.165, 1.54) is 0 Å². The monoisotopic (exact) mass is 294 g/mol. The minimum Gasteiger partial charge on any atom is -0.488 e. The first-order chi connectivity index (χ1) is 10.8. The van der Waals surface area contributed by atoms with E-state index in [-0.39, 0.29) is 0 Å². The Labute approximate surface area is 131 Å². The summed E-state index contributed by atoms with van der Waals surface area (Å²) >= 11 is 0. The van der Waals surface area contributed by atoms with E-state index in [4.69, 9.17) is 16.2 Å². The fourth-order valence-electron chi connectivity index (χ4n) is 2.24. The minimum atomic E-state index is 0.508. The Hall–Kier alpha value is -2.68. The van der Waals surface area contributed by atoms with E-state index in [2.05, 4.69) is 0 Å². The Morgan fingerprint density at radius 2 is 1.41 bits per heavy atom. The van der Waals surface area contributed by atoms with Crippen molar-refractivity contribution in [1.29, 1.82) is 0 Å². The van der Waals surface area contributed by atoms with Gasteiger partial charge in [-0.1, -0.05) is 68.4 Å². The second kappa shape index (κ2) is 7.36. The Balaban J connectivity index is 0.000000847. The number of hydrogen-bond donors (Lipinski definition) is 2. The smallest absolute Gasteiger partial charge is 0.129 e. The number of rotatable bonds is 3. The molecule has 3 rings (SSSR count). The second-order valence-electron chi connectivity index (χ2n) is 4.70. The highest BCUT2D eigenvalue weighted by Crippen LogP contribution is 2.35. The van der Waals surface area contributed by atoms with Crippen LogP contribution in [-0.4, -0.2) is 0 Å². The highest BCUT2D eigenvalue weighted by molar-refractivity contribution is 6.02. The van der Waals surface area contributed by atoms with Crippen LogP contribution in [-0.2, 0) is 6.61 Å². The number of ether oxygens (including phenoxy) is 1. The lowest BCUT2D eigenvalue weighted by Crippen LogP contribution is -2.00. The molecule has 3 aromatic carbocycles. The molecule has 0 bridgehead atoms. The Morgan fingerprint density at radius 1 is 0.818 bits per heavy atom. The van der Waals surface area contributed by atoms with Crippen LogP contribution in [0.2, 0.25) is 0 Å². The van der Waals surface area contributed by atoms with Gasteiger partial charge in [-0.3, -0.25) is 0 Å². The molecular formula is C19H22N2O. The van der Waals surface area contributed by atoms with Crippen LogP contribution < -0.4 is 16.2 Å². The molecule has 0 aliphatic rings. The molecular weight excluding hydrogens is 272 g/mol. The predicted molar refractivity (Wildman–Crippen MR) is 94.9 cm³/mol. The molecule has 3 aromatic rings. The van der Waals surface area contributed by atoms with Crippen LogP contribution >= 0.6 is 0 Å². The molecule has 0 unspecified atom stereocenters. The maximum absolute atomic E-state index is 6.01. The summed E-state index contributed by atoms with van der Waals surface area (Å²) in [7, 11) is 0. The van der Waals surface area contributed by atoms with E-state index in [0.717, 1.165) is 22.1 Å². The Bertz CT molecular complexity index is 739. The van der Waals surface area contributed by atoms with Crippen molar-refractivity contribution < 1.29 is 4.74 Å². The highest BCUT2D eigenvalue weighted by Gasteiger charge is 2.08. The van der Waals surface area contributed by atoms with Crippen LogP contribution in [0.1, 0.15) is 19.4 Å². The first-order valence-electron chi connectivity index (χ1n) is 7.49. The average Bonchev–Trinajstić information content (AvgIpc) is 2.59. The lowest BCUT2D eigenvalue weighted by atomic mass is 10.1. The summed E-state index contributed by atoms with van der Waals surface area (Å²) < 4.78 is 5.91. The predicted octanol–water partition coefficient (Wildman–Crippen LogP) is 4.61. The zero-order chi connectivity index (χ0) is 15.9. The van der Waals surface area contributed by atoms with Crippen LogP contribution in [0.4, 0.5) is 11.4 Å². The van der Waals surface area contributed by atoms with Gasteiger partial charge in [0.05, 0.1) is 11.4 Å². The summed E-state index contributed by atoms with van der Waals surface area (Å²) in [5.74, 6) is 0.760. The summed E-state index contributed by atoms with van der Waals surface area (Å²) in [5.41, 5.74) is 14.2. The van der Waals surface area contributed by atoms with Crippen molar-refractivity contribution >= 4 is 22.1 Å². The van der Waals surface area contributed by atoms with Crippen LogP contribution in [0.25, 0.3) is 10.8 Å². The number of anilines is 2. The zero-order valence-corrected chi connectivity index (χ0v) is 13.0. The average molecular weight is 294 g/mol. The Kier molecular flexibility index (Phi) is 5.26. The molecule has 3 nitrogen and oxygen atoms in total. The molecule has 0 amide bonds. The summed E-state index contributed by atoms with van der Waals surface area (Å²) in [6, 6.07) is 19.7. The van der Waals surface area contributed by atoms with Crippen molar-refractivity contribution in [2.75, 3.05) is 11.5 Å². The molecule has 0 aliphatic carbocycles. The highest BCUT2D eigenvalue weighted by atomic mass is 16.5. The molecule has 0 fully saturated rings. The number of nitrogens with two attached hydrogens (primary N) is 2. The molecule has 0 aliphatic heterocycles. The van der Waals surface area contributed by atoms with Gasteiger partial charge in [0, 0.05) is 16.8 Å². The van der Waals surface area contributed by atoms with Gasteiger partial charge in [0.2, 0.25) is 0 Å². The first-order valence-corrected chi connectivity index (χ1v) is 7.49. The number of hydrogen-bond acceptors (Lipinski definition) is 3. The standard InChI is InChI=1S/C17H16N2O.C2H6/c18-15-10-16(20-11-12-6-2-1-3-7-12)13-8-4-5-9-14(13)17(15)19;1-2/h1-10H,11,18-19H2;1-2H3. The minimum absolute atomic E-state index is 0.508. The lowest BCUT2D eigenvalue weighted by Gasteiger charge is -2.13. The van der Waals surface area contributed by atoms with Gasteiger partial charge in [0.15, 0.2) is 0 Å². The number of nitrogen functional groups attached to an aromatic ring is 2. The van der Waals surface area contributed by atoms with E-state index in [1.54, 1.807) is 6.07 Å². The SMILES string of the molecule is CC.Nc1cc(OCc2ccccc2)c2ccccc2c1N. The van der Waals surface area contributed by atoms with E-state index in [1.807, 2.05) is 68.4 Å². The third-order valence-corrected chi connectivity index (χ3v) is 3.32. The molecule has 0 aromatic heterocycles. The lowest BCUT2D eigenvalue weighted by molar-refractivity contribution is 0.310. The first kappa shape index (κ1) is 15.7. The van der Waals surface area contributed by atoms with Gasteiger partial charge < -0.3 is 16.2 Å². The third kappa shape index (κ3) is 3.31. The van der Waals surface area contributed by atoms with Crippen LogP contribution in [0, 0.1) is 0 Å². The number of fused-ring (bicyclic) bond motifs is 1. The normalized spacial score (nSPS) is 9.91.